The highest BCUT2D eigenvalue weighted by atomic mass is 32.2. The van der Waals surface area contributed by atoms with Gasteiger partial charge in [0.05, 0.1) is 17.0 Å². The van der Waals surface area contributed by atoms with Gasteiger partial charge in [-0.05, 0) is 42.0 Å². The normalized spacial score (nSPS) is 10.4. The van der Waals surface area contributed by atoms with Gasteiger partial charge in [-0.2, -0.15) is 5.26 Å². The second kappa shape index (κ2) is 7.98. The van der Waals surface area contributed by atoms with Crippen molar-refractivity contribution in [3.63, 3.8) is 0 Å². The number of nitrogen functional groups attached to an aromatic ring is 2. The number of nitrogens with zero attached hydrogens (tertiary/aromatic N) is 2. The number of Topliss-reactive ketones (excluding diaryl/α,β-unsaturated/α-hetero) is 1. The molecule has 0 amide bonds. The van der Waals surface area contributed by atoms with Gasteiger partial charge in [-0.15, -0.1) is 0 Å². The van der Waals surface area contributed by atoms with Gasteiger partial charge in [0.15, 0.2) is 5.78 Å². The van der Waals surface area contributed by atoms with Crippen molar-refractivity contribution in [2.24, 2.45) is 0 Å². The lowest BCUT2D eigenvalue weighted by molar-refractivity contribution is 0.102. The standard InChI is InChI=1S/C20H15FN4O2S/c21-13-6-4-11(5-7-13)16(27)10-28-20-15(9-22)17(18(23)19(24)25-20)12-2-1-3-14(26)8-12/h1-8,26H,10,23H2,(H2,24,25). The molecule has 140 valence electrons. The molecule has 0 aliphatic heterocycles. The molecular formula is C20H15FN4O2S. The van der Waals surface area contributed by atoms with Gasteiger partial charge in [0.1, 0.15) is 28.5 Å². The number of halogens is 1. The molecule has 5 N–H and O–H groups in total. The van der Waals surface area contributed by atoms with Gasteiger partial charge < -0.3 is 16.6 Å². The second-order valence-corrected chi connectivity index (χ2v) is 6.81. The lowest BCUT2D eigenvalue weighted by Crippen LogP contribution is -2.07. The number of rotatable bonds is 5. The van der Waals surface area contributed by atoms with Crippen LogP contribution in [0.4, 0.5) is 15.9 Å². The van der Waals surface area contributed by atoms with Crippen molar-refractivity contribution >= 4 is 29.1 Å². The third-order valence-electron chi connectivity index (χ3n) is 3.98. The fourth-order valence-corrected chi connectivity index (χ4v) is 3.51. The summed E-state index contributed by atoms with van der Waals surface area (Å²) in [7, 11) is 0. The number of nitriles is 1. The molecule has 1 heterocycles. The summed E-state index contributed by atoms with van der Waals surface area (Å²) in [5.41, 5.74) is 13.4. The van der Waals surface area contributed by atoms with Crippen LogP contribution in [0.3, 0.4) is 0 Å². The molecule has 28 heavy (non-hydrogen) atoms. The Labute approximate surface area is 164 Å². The summed E-state index contributed by atoms with van der Waals surface area (Å²) >= 11 is 1.04. The molecule has 0 aliphatic rings. The number of benzene rings is 2. The van der Waals surface area contributed by atoms with Crippen LogP contribution in [0, 0.1) is 17.1 Å². The highest BCUT2D eigenvalue weighted by molar-refractivity contribution is 8.00. The number of carbonyl (C=O) groups is 1. The first kappa shape index (κ1) is 19.2. The molecule has 0 bridgehead atoms. The second-order valence-electron chi connectivity index (χ2n) is 5.85. The van der Waals surface area contributed by atoms with Gasteiger partial charge >= 0.3 is 0 Å². The molecule has 3 rings (SSSR count). The van der Waals surface area contributed by atoms with Crippen LogP contribution < -0.4 is 11.5 Å². The Bertz CT molecular complexity index is 1090. The van der Waals surface area contributed by atoms with Crippen LogP contribution in [0.25, 0.3) is 11.1 Å². The fraction of sp³-hybridized carbons (Fsp3) is 0.0500. The number of thioether (sulfide) groups is 1. The fourth-order valence-electron chi connectivity index (χ4n) is 2.62. The molecular weight excluding hydrogens is 379 g/mol. The van der Waals surface area contributed by atoms with E-state index in [0.717, 1.165) is 11.8 Å². The number of phenols is 1. The van der Waals surface area contributed by atoms with Gasteiger partial charge in [-0.3, -0.25) is 4.79 Å². The zero-order valence-corrected chi connectivity index (χ0v) is 15.3. The molecule has 2 aromatic carbocycles. The number of hydrogen-bond donors (Lipinski definition) is 3. The zero-order valence-electron chi connectivity index (χ0n) is 14.5. The van der Waals surface area contributed by atoms with Gasteiger partial charge in [0, 0.05) is 11.1 Å². The van der Waals surface area contributed by atoms with E-state index in [1.54, 1.807) is 12.1 Å². The smallest absolute Gasteiger partial charge is 0.173 e. The van der Waals surface area contributed by atoms with E-state index in [2.05, 4.69) is 11.1 Å². The number of aromatic nitrogens is 1. The highest BCUT2D eigenvalue weighted by Crippen LogP contribution is 2.38. The lowest BCUT2D eigenvalue weighted by atomic mass is 10.00. The summed E-state index contributed by atoms with van der Waals surface area (Å²) in [4.78, 5) is 16.5. The van der Waals surface area contributed by atoms with E-state index in [1.165, 1.54) is 36.4 Å². The maximum Gasteiger partial charge on any atom is 0.173 e. The Morgan fingerprint density at radius 1 is 1.21 bits per heavy atom. The summed E-state index contributed by atoms with van der Waals surface area (Å²) in [5.74, 6) is -0.661. The summed E-state index contributed by atoms with van der Waals surface area (Å²) in [6, 6.07) is 13.5. The number of anilines is 2. The topological polar surface area (TPSA) is 126 Å². The molecule has 0 aliphatic carbocycles. The molecule has 8 heteroatoms. The van der Waals surface area contributed by atoms with E-state index in [0.29, 0.717) is 16.7 Å². The SMILES string of the molecule is N#Cc1c(SCC(=O)c2ccc(F)cc2)nc(N)c(N)c1-c1cccc(O)c1. The third kappa shape index (κ3) is 3.89. The van der Waals surface area contributed by atoms with E-state index < -0.39 is 5.82 Å². The zero-order chi connectivity index (χ0) is 20.3. The van der Waals surface area contributed by atoms with E-state index in [9.17, 15) is 19.6 Å². The number of pyridine rings is 1. The number of hydrogen-bond acceptors (Lipinski definition) is 7. The van der Waals surface area contributed by atoms with E-state index in [-0.39, 0.29) is 39.4 Å². The molecule has 0 fully saturated rings. The van der Waals surface area contributed by atoms with Crippen LogP contribution in [0.15, 0.2) is 53.6 Å². The van der Waals surface area contributed by atoms with Crippen molar-refractivity contribution in [3.05, 3.63) is 65.5 Å². The Morgan fingerprint density at radius 3 is 2.57 bits per heavy atom. The number of aromatic hydroxyl groups is 1. The molecule has 0 atom stereocenters. The Balaban J connectivity index is 1.96. The molecule has 0 radical (unpaired) electrons. The van der Waals surface area contributed by atoms with Crippen LogP contribution >= 0.6 is 11.8 Å². The van der Waals surface area contributed by atoms with Crippen LogP contribution in [0.5, 0.6) is 5.75 Å². The van der Waals surface area contributed by atoms with Crippen LogP contribution in [-0.4, -0.2) is 21.6 Å². The van der Waals surface area contributed by atoms with Crippen molar-refractivity contribution in [3.8, 4) is 22.9 Å². The first-order valence-corrected chi connectivity index (χ1v) is 9.09. The molecule has 0 spiro atoms. The van der Waals surface area contributed by atoms with Crippen molar-refractivity contribution in [1.29, 1.82) is 5.26 Å². The summed E-state index contributed by atoms with van der Waals surface area (Å²) < 4.78 is 13.0. The Morgan fingerprint density at radius 2 is 1.93 bits per heavy atom. The van der Waals surface area contributed by atoms with Gasteiger partial charge in [0.25, 0.3) is 0 Å². The minimum absolute atomic E-state index is 0.0110. The minimum Gasteiger partial charge on any atom is -0.508 e. The van der Waals surface area contributed by atoms with Crippen molar-refractivity contribution in [1.82, 2.24) is 4.98 Å². The van der Waals surface area contributed by atoms with Gasteiger partial charge in [-0.25, -0.2) is 9.37 Å². The summed E-state index contributed by atoms with van der Waals surface area (Å²) in [6.07, 6.45) is 0. The maximum absolute atomic E-state index is 13.0. The van der Waals surface area contributed by atoms with Crippen molar-refractivity contribution in [2.45, 2.75) is 5.03 Å². The lowest BCUT2D eigenvalue weighted by Gasteiger charge is -2.14. The minimum atomic E-state index is -0.431. The number of ketones is 1. The van der Waals surface area contributed by atoms with Crippen molar-refractivity contribution < 1.29 is 14.3 Å². The molecule has 1 aromatic heterocycles. The average Bonchev–Trinajstić information content (AvgIpc) is 2.68. The van der Waals surface area contributed by atoms with Crippen molar-refractivity contribution in [2.75, 3.05) is 17.2 Å². The van der Waals surface area contributed by atoms with E-state index in [1.807, 2.05) is 0 Å². The first-order chi connectivity index (χ1) is 13.4. The summed E-state index contributed by atoms with van der Waals surface area (Å²) in [5, 5.41) is 19.7. The largest absolute Gasteiger partial charge is 0.508 e. The molecule has 0 saturated heterocycles. The van der Waals surface area contributed by atoms with E-state index >= 15 is 0 Å². The monoisotopic (exact) mass is 394 g/mol. The first-order valence-electron chi connectivity index (χ1n) is 8.10. The van der Waals surface area contributed by atoms with Crippen LogP contribution in [-0.2, 0) is 0 Å². The Hall–Kier alpha value is -3.57. The highest BCUT2D eigenvalue weighted by Gasteiger charge is 2.20. The summed E-state index contributed by atoms with van der Waals surface area (Å²) in [6.45, 7) is 0. The Kier molecular flexibility index (Phi) is 5.47. The quantitative estimate of drug-likeness (QED) is 0.446. The van der Waals surface area contributed by atoms with Gasteiger partial charge in [0.2, 0.25) is 0 Å². The predicted molar refractivity (Wildman–Crippen MR) is 106 cm³/mol. The number of phenolic OH excluding ortho intramolecular Hbond substituents is 1. The average molecular weight is 394 g/mol. The number of carbonyl (C=O) groups excluding carboxylic acids is 1. The molecule has 0 unspecified atom stereocenters. The van der Waals surface area contributed by atoms with E-state index in [4.69, 9.17) is 11.5 Å². The third-order valence-corrected chi connectivity index (χ3v) is 4.96. The van der Waals surface area contributed by atoms with Crippen LogP contribution in [0.1, 0.15) is 15.9 Å². The molecule has 6 nitrogen and oxygen atoms in total. The van der Waals surface area contributed by atoms with Crippen LogP contribution in [0.2, 0.25) is 0 Å². The maximum atomic E-state index is 13.0. The predicted octanol–water partition coefficient (Wildman–Crippen LogP) is 3.60. The molecule has 0 saturated carbocycles. The molecule has 3 aromatic rings. The number of nitrogens with two attached hydrogens (primary N) is 2. The van der Waals surface area contributed by atoms with Gasteiger partial charge in [-0.1, -0.05) is 23.9 Å².